The molecule has 0 amide bonds. The van der Waals surface area contributed by atoms with E-state index in [0.717, 1.165) is 80.6 Å². The molecule has 3 aromatic rings. The lowest BCUT2D eigenvalue weighted by molar-refractivity contribution is -0.0604. The van der Waals surface area contributed by atoms with Crippen LogP contribution in [0.25, 0.3) is 6.08 Å². The van der Waals surface area contributed by atoms with Crippen LogP contribution in [0, 0.1) is 12.7 Å². The number of aryl methyl sites for hydroxylation is 1. The summed E-state index contributed by atoms with van der Waals surface area (Å²) in [6.07, 6.45) is 6.72. The van der Waals surface area contributed by atoms with Crippen LogP contribution in [0.5, 0.6) is 5.75 Å². The first-order chi connectivity index (χ1) is 18.5. The highest BCUT2D eigenvalue weighted by atomic mass is 35.5. The van der Waals surface area contributed by atoms with E-state index in [2.05, 4.69) is 21.6 Å². The highest BCUT2D eigenvalue weighted by molar-refractivity contribution is 6.30. The monoisotopic (exact) mass is 537 g/mol. The Morgan fingerprint density at radius 2 is 1.95 bits per heavy atom. The summed E-state index contributed by atoms with van der Waals surface area (Å²) in [6, 6.07) is 11.0. The zero-order valence-electron chi connectivity index (χ0n) is 21.6. The Labute approximate surface area is 227 Å². The molecule has 1 N–H and O–H groups in total. The molecule has 2 atom stereocenters. The van der Waals surface area contributed by atoms with Crippen LogP contribution in [-0.2, 0) is 24.4 Å². The third-order valence-corrected chi connectivity index (χ3v) is 8.35. The summed E-state index contributed by atoms with van der Waals surface area (Å²) in [5, 5.41) is 10.3. The number of piperidine rings is 1. The van der Waals surface area contributed by atoms with Gasteiger partial charge in [0.15, 0.2) is 0 Å². The van der Waals surface area contributed by atoms with Crippen molar-refractivity contribution < 1.29 is 19.0 Å². The Kier molecular flexibility index (Phi) is 7.27. The number of hydrogen-bond acceptors (Lipinski definition) is 5. The Morgan fingerprint density at radius 1 is 1.13 bits per heavy atom. The zero-order valence-corrected chi connectivity index (χ0v) is 22.3. The standard InChI is InChI=1S/C30H33ClFN3O3/c1-19-27(18-36)35(16-23-11-14-37-23)29(33-19)17-34-12-9-20(10-13-34)24-4-2-3-21-5-8-28(38-30(21)24)25-7-6-22(31)15-26(25)32/h2-8,15,20,23,28,36H,9-14,16-18H2,1H3/t23-,28+/m0/s1. The molecule has 6 nitrogen and oxygen atoms in total. The van der Waals surface area contributed by atoms with E-state index in [1.807, 2.05) is 25.1 Å². The molecule has 2 fully saturated rings. The van der Waals surface area contributed by atoms with Crippen molar-refractivity contribution in [1.82, 2.24) is 14.5 Å². The summed E-state index contributed by atoms with van der Waals surface area (Å²) >= 11 is 5.96. The summed E-state index contributed by atoms with van der Waals surface area (Å²) in [5.41, 5.74) is 4.49. The minimum atomic E-state index is -0.483. The van der Waals surface area contributed by atoms with Gasteiger partial charge in [-0.15, -0.1) is 0 Å². The summed E-state index contributed by atoms with van der Waals surface area (Å²) in [4.78, 5) is 7.25. The summed E-state index contributed by atoms with van der Waals surface area (Å²) in [7, 11) is 0. The minimum Gasteiger partial charge on any atom is -0.481 e. The fourth-order valence-corrected chi connectivity index (χ4v) is 6.02. The van der Waals surface area contributed by atoms with Gasteiger partial charge in [0.2, 0.25) is 0 Å². The number of aliphatic hydroxyl groups is 1. The average molecular weight is 538 g/mol. The first kappa shape index (κ1) is 25.6. The van der Waals surface area contributed by atoms with Gasteiger partial charge in [-0.3, -0.25) is 4.90 Å². The number of halogens is 2. The second-order valence-electron chi connectivity index (χ2n) is 10.5. The number of benzene rings is 2. The van der Waals surface area contributed by atoms with Crippen molar-refractivity contribution in [2.45, 2.75) is 64.0 Å². The number of fused-ring (bicyclic) bond motifs is 1. The number of ether oxygens (including phenoxy) is 2. The molecule has 0 saturated carbocycles. The van der Waals surface area contributed by atoms with Gasteiger partial charge >= 0.3 is 0 Å². The van der Waals surface area contributed by atoms with Crippen LogP contribution in [0.4, 0.5) is 4.39 Å². The van der Waals surface area contributed by atoms with Gasteiger partial charge in [0, 0.05) is 22.8 Å². The van der Waals surface area contributed by atoms with Gasteiger partial charge in [0.1, 0.15) is 23.5 Å². The molecule has 38 heavy (non-hydrogen) atoms. The van der Waals surface area contributed by atoms with E-state index in [0.29, 0.717) is 16.5 Å². The van der Waals surface area contributed by atoms with Crippen LogP contribution in [0.2, 0.25) is 5.02 Å². The zero-order chi connectivity index (χ0) is 26.2. The van der Waals surface area contributed by atoms with Gasteiger partial charge in [-0.05, 0) is 69.0 Å². The fourth-order valence-electron chi connectivity index (χ4n) is 5.86. The number of aromatic nitrogens is 2. The highest BCUT2D eigenvalue weighted by Gasteiger charge is 2.29. The van der Waals surface area contributed by atoms with Crippen LogP contribution in [-0.4, -0.2) is 45.4 Å². The van der Waals surface area contributed by atoms with E-state index >= 15 is 0 Å². The minimum absolute atomic E-state index is 0.0118. The molecule has 3 aliphatic rings. The molecule has 0 spiro atoms. The molecular formula is C30H33ClFN3O3. The summed E-state index contributed by atoms with van der Waals surface area (Å²) in [5.74, 6) is 1.86. The van der Waals surface area contributed by atoms with E-state index < -0.39 is 6.10 Å². The van der Waals surface area contributed by atoms with Gasteiger partial charge in [0.25, 0.3) is 0 Å². The molecule has 0 radical (unpaired) electrons. The molecule has 0 unspecified atom stereocenters. The number of likely N-dealkylation sites (tertiary alicyclic amines) is 1. The maximum Gasteiger partial charge on any atom is 0.145 e. The lowest BCUT2D eigenvalue weighted by Crippen LogP contribution is -2.35. The SMILES string of the molecule is Cc1nc(CN2CCC(c3cccc4c3O[C@@H](c3ccc(Cl)cc3F)C=C4)CC2)n(C[C@@H]2CCO2)c1CO. The van der Waals surface area contributed by atoms with E-state index in [4.69, 9.17) is 26.1 Å². The van der Waals surface area contributed by atoms with Crippen molar-refractivity contribution in [3.05, 3.63) is 87.2 Å². The van der Waals surface area contributed by atoms with Crippen molar-refractivity contribution >= 4 is 17.7 Å². The predicted octanol–water partition coefficient (Wildman–Crippen LogP) is 5.79. The average Bonchev–Trinajstić information content (AvgIpc) is 3.19. The maximum absolute atomic E-state index is 14.6. The van der Waals surface area contributed by atoms with Crippen LogP contribution in [0.3, 0.4) is 0 Å². The Balaban J connectivity index is 1.15. The van der Waals surface area contributed by atoms with Gasteiger partial charge in [-0.2, -0.15) is 0 Å². The number of rotatable bonds is 7. The third-order valence-electron chi connectivity index (χ3n) is 8.11. The molecular weight excluding hydrogens is 505 g/mol. The Bertz CT molecular complexity index is 1340. The summed E-state index contributed by atoms with van der Waals surface area (Å²) < 4.78 is 28.9. The number of hydrogen-bond donors (Lipinski definition) is 1. The molecule has 1 aromatic heterocycles. The molecule has 4 heterocycles. The maximum atomic E-state index is 14.6. The second-order valence-corrected chi connectivity index (χ2v) is 10.9. The topological polar surface area (TPSA) is 59.8 Å². The van der Waals surface area contributed by atoms with Gasteiger partial charge in [-0.25, -0.2) is 9.37 Å². The molecule has 8 heteroatoms. The molecule has 6 rings (SSSR count). The van der Waals surface area contributed by atoms with Crippen molar-refractivity contribution in [2.75, 3.05) is 19.7 Å². The first-order valence-electron chi connectivity index (χ1n) is 13.4. The first-order valence-corrected chi connectivity index (χ1v) is 13.8. The molecule has 0 aliphatic carbocycles. The number of imidazole rings is 1. The lowest BCUT2D eigenvalue weighted by atomic mass is 9.87. The quantitative estimate of drug-likeness (QED) is 0.413. The summed E-state index contributed by atoms with van der Waals surface area (Å²) in [6.45, 7) is 6.16. The van der Waals surface area contributed by atoms with Crippen molar-refractivity contribution in [1.29, 1.82) is 0 Å². The third kappa shape index (κ3) is 5.00. The lowest BCUT2D eigenvalue weighted by Gasteiger charge is -2.34. The smallest absolute Gasteiger partial charge is 0.145 e. The van der Waals surface area contributed by atoms with Gasteiger partial charge < -0.3 is 19.1 Å². The highest BCUT2D eigenvalue weighted by Crippen LogP contribution is 2.42. The van der Waals surface area contributed by atoms with Gasteiger partial charge in [0.05, 0.1) is 37.2 Å². The van der Waals surface area contributed by atoms with Crippen molar-refractivity contribution in [2.24, 2.45) is 0 Å². The molecule has 2 aromatic carbocycles. The molecule has 2 saturated heterocycles. The van der Waals surface area contributed by atoms with Crippen molar-refractivity contribution in [3.63, 3.8) is 0 Å². The van der Waals surface area contributed by atoms with Crippen LogP contribution < -0.4 is 4.74 Å². The molecule has 200 valence electrons. The fraction of sp³-hybridized carbons (Fsp3) is 0.433. The largest absolute Gasteiger partial charge is 0.481 e. The number of aliphatic hydroxyl groups excluding tert-OH is 1. The Morgan fingerprint density at radius 3 is 2.66 bits per heavy atom. The predicted molar refractivity (Wildman–Crippen MR) is 145 cm³/mol. The van der Waals surface area contributed by atoms with E-state index in [1.165, 1.54) is 11.6 Å². The van der Waals surface area contributed by atoms with Crippen LogP contribution >= 0.6 is 11.6 Å². The van der Waals surface area contributed by atoms with Crippen LogP contribution in [0.15, 0.2) is 42.5 Å². The van der Waals surface area contributed by atoms with Crippen molar-refractivity contribution in [3.8, 4) is 5.75 Å². The van der Waals surface area contributed by atoms with Gasteiger partial charge in [-0.1, -0.05) is 41.9 Å². The number of para-hydroxylation sites is 1. The number of nitrogens with zero attached hydrogens (tertiary/aromatic N) is 3. The van der Waals surface area contributed by atoms with E-state index in [1.54, 1.807) is 12.1 Å². The normalized spacial score (nSPS) is 21.7. The molecule has 0 bridgehead atoms. The van der Waals surface area contributed by atoms with Crippen LogP contribution in [0.1, 0.15) is 65.2 Å². The van der Waals surface area contributed by atoms with E-state index in [9.17, 15) is 9.50 Å². The second kappa shape index (κ2) is 10.8. The van der Waals surface area contributed by atoms with E-state index in [-0.39, 0.29) is 18.5 Å². The molecule has 3 aliphatic heterocycles. The Hall–Kier alpha value is -2.71.